The van der Waals surface area contributed by atoms with E-state index < -0.39 is 10.0 Å². The minimum absolute atomic E-state index is 0.0785. The van der Waals surface area contributed by atoms with Crippen LogP contribution in [0.25, 0.3) is 0 Å². The highest BCUT2D eigenvalue weighted by Crippen LogP contribution is 2.24. The first-order valence-electron chi connectivity index (χ1n) is 9.52. The van der Waals surface area contributed by atoms with Gasteiger partial charge >= 0.3 is 0 Å². The molecule has 0 radical (unpaired) electrons. The maximum atomic E-state index is 12.3. The molecule has 0 aliphatic heterocycles. The lowest BCUT2D eigenvalue weighted by Gasteiger charge is -2.23. The van der Waals surface area contributed by atoms with Crippen LogP contribution in [-0.2, 0) is 20.2 Å². The summed E-state index contributed by atoms with van der Waals surface area (Å²) in [6.45, 7) is 8.56. The van der Waals surface area contributed by atoms with E-state index in [1.807, 2.05) is 43.3 Å². The number of ether oxygens (including phenoxy) is 1. The topological polar surface area (TPSA) is 75.7 Å². The first kappa shape index (κ1) is 22.7. The third kappa shape index (κ3) is 6.78. The first-order chi connectivity index (χ1) is 13.5. The van der Waals surface area contributed by atoms with Crippen LogP contribution < -0.4 is 14.4 Å². The van der Waals surface area contributed by atoms with E-state index in [9.17, 15) is 13.2 Å². The average molecular weight is 419 g/mol. The number of anilines is 1. The van der Waals surface area contributed by atoms with Crippen molar-refractivity contribution in [2.24, 2.45) is 0 Å². The number of hydrogen-bond acceptors (Lipinski definition) is 4. The Hall–Kier alpha value is -2.54. The zero-order valence-electron chi connectivity index (χ0n) is 17.7. The smallest absolute Gasteiger partial charge is 0.240 e. The molecular formula is C22H30N2O4S. The maximum absolute atomic E-state index is 12.3. The van der Waals surface area contributed by atoms with Crippen molar-refractivity contribution in [1.29, 1.82) is 0 Å². The van der Waals surface area contributed by atoms with E-state index >= 15 is 0 Å². The summed E-state index contributed by atoms with van der Waals surface area (Å²) >= 11 is 0. The number of aryl methyl sites for hydroxylation is 1. The van der Waals surface area contributed by atoms with Crippen LogP contribution in [0.3, 0.4) is 0 Å². The second-order valence-corrected chi connectivity index (χ2v) is 9.94. The zero-order valence-corrected chi connectivity index (χ0v) is 18.5. The van der Waals surface area contributed by atoms with E-state index in [0.29, 0.717) is 12.3 Å². The molecular weight excluding hydrogens is 388 g/mol. The molecule has 0 aliphatic rings. The SMILES string of the molecule is Cc1ccccc1N(CC(=O)NCCOc1ccc(C(C)(C)C)cc1)S(C)(=O)=O. The molecule has 0 saturated heterocycles. The Morgan fingerprint density at radius 1 is 1.07 bits per heavy atom. The number of sulfonamides is 1. The highest BCUT2D eigenvalue weighted by molar-refractivity contribution is 7.92. The van der Waals surface area contributed by atoms with Crippen LogP contribution >= 0.6 is 0 Å². The van der Waals surface area contributed by atoms with Gasteiger partial charge in [-0.3, -0.25) is 9.10 Å². The van der Waals surface area contributed by atoms with Crippen LogP contribution in [-0.4, -0.2) is 40.3 Å². The Morgan fingerprint density at radius 3 is 2.24 bits per heavy atom. The molecule has 7 heteroatoms. The van der Waals surface area contributed by atoms with E-state index in [1.54, 1.807) is 12.1 Å². The van der Waals surface area contributed by atoms with Crippen molar-refractivity contribution in [3.63, 3.8) is 0 Å². The van der Waals surface area contributed by atoms with Gasteiger partial charge in [0.2, 0.25) is 15.9 Å². The Bertz CT molecular complexity index is 932. The summed E-state index contributed by atoms with van der Waals surface area (Å²) in [6.07, 6.45) is 1.09. The summed E-state index contributed by atoms with van der Waals surface area (Å²) in [5.41, 5.74) is 2.58. The lowest BCUT2D eigenvalue weighted by atomic mass is 9.87. The normalized spacial score (nSPS) is 11.8. The second kappa shape index (κ2) is 9.31. The molecule has 2 rings (SSSR count). The van der Waals surface area contributed by atoms with Gasteiger partial charge in [0.05, 0.1) is 18.5 Å². The van der Waals surface area contributed by atoms with Crippen LogP contribution in [0.1, 0.15) is 31.9 Å². The van der Waals surface area contributed by atoms with E-state index in [2.05, 4.69) is 26.1 Å². The van der Waals surface area contributed by atoms with E-state index in [4.69, 9.17) is 4.74 Å². The molecule has 1 amide bonds. The van der Waals surface area contributed by atoms with Crippen molar-refractivity contribution in [3.05, 3.63) is 59.7 Å². The fraction of sp³-hybridized carbons (Fsp3) is 0.409. The van der Waals surface area contributed by atoms with Gasteiger partial charge in [0, 0.05) is 0 Å². The van der Waals surface area contributed by atoms with Gasteiger partial charge in [-0.2, -0.15) is 0 Å². The van der Waals surface area contributed by atoms with Gasteiger partial charge in [-0.1, -0.05) is 51.1 Å². The Balaban J connectivity index is 1.88. The monoisotopic (exact) mass is 418 g/mol. The molecule has 0 spiro atoms. The number of rotatable bonds is 8. The third-order valence-electron chi connectivity index (χ3n) is 4.48. The summed E-state index contributed by atoms with van der Waals surface area (Å²) in [5.74, 6) is 0.343. The van der Waals surface area contributed by atoms with Gasteiger partial charge in [0.15, 0.2) is 0 Å². The lowest BCUT2D eigenvalue weighted by Crippen LogP contribution is -2.41. The van der Waals surface area contributed by atoms with Gasteiger partial charge < -0.3 is 10.1 Å². The minimum Gasteiger partial charge on any atom is -0.492 e. The molecule has 0 bridgehead atoms. The Kier molecular flexibility index (Phi) is 7.30. The molecule has 0 heterocycles. The summed E-state index contributed by atoms with van der Waals surface area (Å²) < 4.78 is 31.1. The third-order valence-corrected chi connectivity index (χ3v) is 5.61. The molecule has 29 heavy (non-hydrogen) atoms. The van der Waals surface area contributed by atoms with E-state index in [-0.39, 0.29) is 24.4 Å². The van der Waals surface area contributed by atoms with Crippen LogP contribution in [0, 0.1) is 6.92 Å². The number of hydrogen-bond donors (Lipinski definition) is 1. The molecule has 1 N–H and O–H groups in total. The predicted molar refractivity (Wildman–Crippen MR) is 117 cm³/mol. The number of amides is 1. The summed E-state index contributed by atoms with van der Waals surface area (Å²) in [4.78, 5) is 12.3. The number of para-hydroxylation sites is 1. The molecule has 0 aliphatic carbocycles. The van der Waals surface area contributed by atoms with Crippen molar-refractivity contribution in [2.45, 2.75) is 33.1 Å². The number of nitrogens with one attached hydrogen (secondary N) is 1. The molecule has 0 aromatic heterocycles. The van der Waals surface area contributed by atoms with Gasteiger partial charge in [0.1, 0.15) is 18.9 Å². The molecule has 0 saturated carbocycles. The first-order valence-corrected chi connectivity index (χ1v) is 11.4. The van der Waals surface area contributed by atoms with E-state index in [1.165, 1.54) is 5.56 Å². The minimum atomic E-state index is -3.58. The molecule has 158 valence electrons. The number of benzene rings is 2. The quantitative estimate of drug-likeness (QED) is 0.668. The summed E-state index contributed by atoms with van der Waals surface area (Å²) in [6, 6.07) is 14.9. The Labute approximate surface area is 173 Å². The maximum Gasteiger partial charge on any atom is 0.240 e. The molecule has 0 fully saturated rings. The van der Waals surface area contributed by atoms with Gasteiger partial charge in [-0.15, -0.1) is 0 Å². The summed E-state index contributed by atoms with van der Waals surface area (Å²) in [5, 5.41) is 2.71. The average Bonchev–Trinajstić information content (AvgIpc) is 2.63. The van der Waals surface area contributed by atoms with Gasteiger partial charge in [-0.05, 0) is 41.7 Å². The largest absolute Gasteiger partial charge is 0.492 e. The number of carbonyl (C=O) groups excluding carboxylic acids is 1. The van der Waals surface area contributed by atoms with E-state index in [0.717, 1.165) is 21.9 Å². The highest BCUT2D eigenvalue weighted by Gasteiger charge is 2.22. The van der Waals surface area contributed by atoms with Gasteiger partial charge in [-0.25, -0.2) is 8.42 Å². The molecule has 2 aromatic carbocycles. The van der Waals surface area contributed by atoms with Gasteiger partial charge in [0.25, 0.3) is 0 Å². The van der Waals surface area contributed by atoms with Crippen molar-refractivity contribution in [3.8, 4) is 5.75 Å². The fourth-order valence-corrected chi connectivity index (χ4v) is 3.74. The van der Waals surface area contributed by atoms with Crippen LogP contribution in [0.5, 0.6) is 5.75 Å². The van der Waals surface area contributed by atoms with Crippen molar-refractivity contribution in [1.82, 2.24) is 5.32 Å². The van der Waals surface area contributed by atoms with Crippen LogP contribution in [0.4, 0.5) is 5.69 Å². The number of nitrogens with zero attached hydrogens (tertiary/aromatic N) is 1. The molecule has 6 nitrogen and oxygen atoms in total. The Morgan fingerprint density at radius 2 is 1.69 bits per heavy atom. The van der Waals surface area contributed by atoms with Crippen molar-refractivity contribution in [2.75, 3.05) is 30.3 Å². The predicted octanol–water partition coefficient (Wildman–Crippen LogP) is 3.25. The highest BCUT2D eigenvalue weighted by atomic mass is 32.2. The van der Waals surface area contributed by atoms with Crippen LogP contribution in [0.15, 0.2) is 48.5 Å². The molecule has 0 unspecified atom stereocenters. The number of carbonyl (C=O) groups is 1. The van der Waals surface area contributed by atoms with Crippen molar-refractivity contribution < 1.29 is 17.9 Å². The van der Waals surface area contributed by atoms with Crippen molar-refractivity contribution >= 4 is 21.6 Å². The fourth-order valence-electron chi connectivity index (χ4n) is 2.82. The summed E-state index contributed by atoms with van der Waals surface area (Å²) in [7, 11) is -3.58. The lowest BCUT2D eigenvalue weighted by molar-refractivity contribution is -0.119. The molecule has 2 aromatic rings. The second-order valence-electron chi connectivity index (χ2n) is 8.03. The molecule has 0 atom stereocenters. The standard InChI is InChI=1S/C22H30N2O4S/c1-17-8-6-7-9-20(17)24(29(5,26)27)16-21(25)23-14-15-28-19-12-10-18(11-13-19)22(2,3)4/h6-13H,14-16H2,1-5H3,(H,23,25). The zero-order chi connectivity index (χ0) is 21.7. The van der Waals surface area contributed by atoms with Crippen LogP contribution in [0.2, 0.25) is 0 Å².